The number of carbonyl (C=O) groups excluding carboxylic acids is 1. The van der Waals surface area contributed by atoms with Crippen molar-refractivity contribution in [2.75, 3.05) is 19.6 Å². The Labute approximate surface area is 165 Å². The van der Waals surface area contributed by atoms with E-state index in [0.717, 1.165) is 24.4 Å². The number of likely N-dealkylation sites (tertiary alicyclic amines) is 1. The van der Waals surface area contributed by atoms with Gasteiger partial charge in [0.25, 0.3) is 0 Å². The van der Waals surface area contributed by atoms with Gasteiger partial charge < -0.3 is 9.72 Å². The van der Waals surface area contributed by atoms with Crippen LogP contribution in [0.3, 0.4) is 0 Å². The van der Waals surface area contributed by atoms with Gasteiger partial charge in [-0.3, -0.25) is 14.7 Å². The number of aryl methyl sites for hydroxylation is 1. The molecule has 0 aliphatic carbocycles. The average Bonchev–Trinajstić information content (AvgIpc) is 3.17. The maximum absolute atomic E-state index is 12.5. The largest absolute Gasteiger partial charge is 0.354 e. The average molecular weight is 377 g/mol. The maximum atomic E-state index is 12.5. The second-order valence-corrected chi connectivity index (χ2v) is 7.40. The van der Waals surface area contributed by atoms with Crippen molar-refractivity contribution < 1.29 is 4.79 Å². The predicted octanol–water partition coefficient (Wildman–Crippen LogP) is 3.01. The van der Waals surface area contributed by atoms with Crippen LogP contribution in [-0.2, 0) is 11.2 Å². The van der Waals surface area contributed by atoms with Gasteiger partial charge in [0, 0.05) is 37.8 Å². The van der Waals surface area contributed by atoms with Crippen molar-refractivity contribution in [3.8, 4) is 0 Å². The number of piperidine rings is 1. The van der Waals surface area contributed by atoms with Crippen LogP contribution in [0.25, 0.3) is 5.65 Å². The number of nitrogens with one attached hydrogen (secondary N) is 1. The smallest absolute Gasteiger partial charge is 0.220 e. The fraction of sp³-hybridized carbons (Fsp3) is 0.409. The Morgan fingerprint density at radius 2 is 2.04 bits per heavy atom. The minimum Gasteiger partial charge on any atom is -0.354 e. The van der Waals surface area contributed by atoms with Crippen LogP contribution in [0.5, 0.6) is 0 Å². The van der Waals surface area contributed by atoms with Gasteiger partial charge in [0.05, 0.1) is 11.7 Å². The number of carbonyl (C=O) groups is 1. The molecule has 6 heteroatoms. The zero-order valence-corrected chi connectivity index (χ0v) is 16.1. The quantitative estimate of drug-likeness (QED) is 0.688. The van der Waals surface area contributed by atoms with Gasteiger partial charge in [-0.25, -0.2) is 4.98 Å². The Morgan fingerprint density at radius 1 is 1.14 bits per heavy atom. The second-order valence-electron chi connectivity index (χ2n) is 7.40. The van der Waals surface area contributed by atoms with Crippen molar-refractivity contribution in [2.24, 2.45) is 0 Å². The molecule has 28 heavy (non-hydrogen) atoms. The Balaban J connectivity index is 1.34. The predicted molar refractivity (Wildman–Crippen MR) is 109 cm³/mol. The molecule has 1 fully saturated rings. The first-order valence-corrected chi connectivity index (χ1v) is 10.1. The molecule has 6 nitrogen and oxygen atoms in total. The molecule has 0 radical (unpaired) electrons. The number of imidazole rings is 1. The zero-order chi connectivity index (χ0) is 19.2. The normalized spacial score (nSPS) is 16.1. The lowest BCUT2D eigenvalue weighted by molar-refractivity contribution is -0.121. The molecule has 1 aliphatic rings. The summed E-state index contributed by atoms with van der Waals surface area (Å²) in [6.45, 7) is 2.78. The molecule has 0 bridgehead atoms. The number of amides is 1. The van der Waals surface area contributed by atoms with E-state index in [9.17, 15) is 4.79 Å². The van der Waals surface area contributed by atoms with E-state index in [4.69, 9.17) is 0 Å². The number of hydrogen-bond acceptors (Lipinski definition) is 4. The summed E-state index contributed by atoms with van der Waals surface area (Å²) in [7, 11) is 0. The molecular weight excluding hydrogens is 350 g/mol. The molecule has 3 aromatic heterocycles. The van der Waals surface area contributed by atoms with Gasteiger partial charge in [-0.1, -0.05) is 18.6 Å². The van der Waals surface area contributed by atoms with E-state index in [-0.39, 0.29) is 11.9 Å². The van der Waals surface area contributed by atoms with Gasteiger partial charge in [-0.05, 0) is 56.1 Å². The van der Waals surface area contributed by atoms with Gasteiger partial charge in [0.1, 0.15) is 5.65 Å². The molecule has 1 aliphatic heterocycles. The lowest BCUT2D eigenvalue weighted by Crippen LogP contribution is -2.40. The fourth-order valence-corrected chi connectivity index (χ4v) is 3.91. The number of hydrogen-bond donors (Lipinski definition) is 1. The SMILES string of the molecule is O=C(CCc1cn2ccccc2n1)NC[C@@H](c1cccnc1)N1CCCCC1. The molecule has 1 atom stereocenters. The summed E-state index contributed by atoms with van der Waals surface area (Å²) in [5, 5.41) is 3.14. The van der Waals surface area contributed by atoms with Crippen LogP contribution in [-0.4, -0.2) is 44.8 Å². The van der Waals surface area contributed by atoms with E-state index in [1.165, 1.54) is 24.8 Å². The first-order chi connectivity index (χ1) is 13.8. The zero-order valence-electron chi connectivity index (χ0n) is 16.1. The molecule has 146 valence electrons. The third-order valence-corrected chi connectivity index (χ3v) is 5.42. The van der Waals surface area contributed by atoms with Crippen molar-refractivity contribution in [3.63, 3.8) is 0 Å². The van der Waals surface area contributed by atoms with Gasteiger partial charge in [-0.15, -0.1) is 0 Å². The molecule has 1 N–H and O–H groups in total. The molecule has 3 aromatic rings. The Morgan fingerprint density at radius 3 is 2.82 bits per heavy atom. The number of fused-ring (bicyclic) bond motifs is 1. The lowest BCUT2D eigenvalue weighted by Gasteiger charge is -2.34. The van der Waals surface area contributed by atoms with Crippen LogP contribution in [0.1, 0.15) is 43.0 Å². The number of nitrogens with zero attached hydrogens (tertiary/aromatic N) is 4. The van der Waals surface area contributed by atoms with Crippen LogP contribution in [0.15, 0.2) is 55.1 Å². The summed E-state index contributed by atoms with van der Waals surface area (Å²) >= 11 is 0. The van der Waals surface area contributed by atoms with Crippen LogP contribution in [0.4, 0.5) is 0 Å². The lowest BCUT2D eigenvalue weighted by atomic mass is 10.0. The number of pyridine rings is 2. The minimum atomic E-state index is 0.0722. The first kappa shape index (κ1) is 18.6. The maximum Gasteiger partial charge on any atom is 0.220 e. The summed E-state index contributed by atoms with van der Waals surface area (Å²) in [6, 6.07) is 10.2. The second kappa shape index (κ2) is 8.97. The van der Waals surface area contributed by atoms with E-state index in [1.54, 1.807) is 6.20 Å². The molecule has 4 heterocycles. The highest BCUT2D eigenvalue weighted by Crippen LogP contribution is 2.23. The summed E-state index contributed by atoms with van der Waals surface area (Å²) in [5.74, 6) is 0.0722. The molecule has 0 aromatic carbocycles. The number of aromatic nitrogens is 3. The summed E-state index contributed by atoms with van der Waals surface area (Å²) in [6.07, 6.45) is 12.5. The summed E-state index contributed by atoms with van der Waals surface area (Å²) in [4.78, 5) is 23.8. The number of rotatable bonds is 7. The summed E-state index contributed by atoms with van der Waals surface area (Å²) < 4.78 is 1.99. The highest BCUT2D eigenvalue weighted by Gasteiger charge is 2.23. The summed E-state index contributed by atoms with van der Waals surface area (Å²) in [5.41, 5.74) is 3.03. The van der Waals surface area contributed by atoms with Crippen LogP contribution < -0.4 is 5.32 Å². The molecule has 4 rings (SSSR count). The first-order valence-electron chi connectivity index (χ1n) is 10.1. The van der Waals surface area contributed by atoms with Crippen molar-refractivity contribution in [2.45, 2.75) is 38.1 Å². The van der Waals surface area contributed by atoms with E-state index < -0.39 is 0 Å². The van der Waals surface area contributed by atoms with E-state index in [2.05, 4.69) is 26.3 Å². The highest BCUT2D eigenvalue weighted by atomic mass is 16.1. The van der Waals surface area contributed by atoms with Crippen molar-refractivity contribution in [1.29, 1.82) is 0 Å². The monoisotopic (exact) mass is 377 g/mol. The van der Waals surface area contributed by atoms with Crippen LogP contribution in [0, 0.1) is 0 Å². The molecule has 1 amide bonds. The van der Waals surface area contributed by atoms with Crippen molar-refractivity contribution in [3.05, 3.63) is 66.4 Å². The highest BCUT2D eigenvalue weighted by molar-refractivity contribution is 5.76. The topological polar surface area (TPSA) is 62.5 Å². The van der Waals surface area contributed by atoms with Gasteiger partial charge in [0.2, 0.25) is 5.91 Å². The Kier molecular flexibility index (Phi) is 5.97. The molecular formula is C22H27N5O. The van der Waals surface area contributed by atoms with E-state index >= 15 is 0 Å². The van der Waals surface area contributed by atoms with Gasteiger partial charge in [0.15, 0.2) is 0 Å². The third-order valence-electron chi connectivity index (χ3n) is 5.42. The third kappa shape index (κ3) is 4.57. The van der Waals surface area contributed by atoms with Crippen LogP contribution >= 0.6 is 0 Å². The Hall–Kier alpha value is -2.73. The van der Waals surface area contributed by atoms with Crippen LogP contribution in [0.2, 0.25) is 0 Å². The van der Waals surface area contributed by atoms with E-state index in [0.29, 0.717) is 19.4 Å². The molecule has 0 saturated carbocycles. The molecule has 1 saturated heterocycles. The Bertz CT molecular complexity index is 868. The standard InChI is InChI=1S/C22H27N5O/c28-22(10-9-19-17-27-14-5-2-8-21(27)25-19)24-16-20(18-7-6-11-23-15-18)26-12-3-1-4-13-26/h2,5-8,11,14-15,17,20H,1,3-4,9-10,12-13,16H2,(H,24,28)/t20-/m0/s1. The van der Waals surface area contributed by atoms with E-state index in [1.807, 2.05) is 47.3 Å². The van der Waals surface area contributed by atoms with Gasteiger partial charge >= 0.3 is 0 Å². The minimum absolute atomic E-state index is 0.0722. The van der Waals surface area contributed by atoms with Crippen molar-refractivity contribution in [1.82, 2.24) is 24.6 Å². The fourth-order valence-electron chi connectivity index (χ4n) is 3.91. The van der Waals surface area contributed by atoms with Crippen molar-refractivity contribution >= 4 is 11.6 Å². The molecule has 0 spiro atoms. The molecule has 0 unspecified atom stereocenters. The van der Waals surface area contributed by atoms with Gasteiger partial charge in [-0.2, -0.15) is 0 Å².